The summed E-state index contributed by atoms with van der Waals surface area (Å²) in [5.74, 6) is 1.78. The van der Waals surface area contributed by atoms with E-state index in [4.69, 9.17) is 4.74 Å². The van der Waals surface area contributed by atoms with Crippen molar-refractivity contribution in [3.63, 3.8) is 0 Å². The van der Waals surface area contributed by atoms with Gasteiger partial charge in [-0.2, -0.15) is 0 Å². The van der Waals surface area contributed by atoms with E-state index in [1.807, 2.05) is 0 Å². The molecule has 2 unspecified atom stereocenters. The molecule has 0 N–H and O–H groups in total. The van der Waals surface area contributed by atoms with Crippen LogP contribution in [-0.4, -0.2) is 18.5 Å². The highest BCUT2D eigenvalue weighted by atomic mass is 16.5. The van der Waals surface area contributed by atoms with Gasteiger partial charge >= 0.3 is 0 Å². The van der Waals surface area contributed by atoms with Gasteiger partial charge in [0.2, 0.25) is 0 Å². The van der Waals surface area contributed by atoms with E-state index in [-0.39, 0.29) is 6.10 Å². The summed E-state index contributed by atoms with van der Waals surface area (Å²) in [5, 5.41) is 0. The zero-order valence-electron chi connectivity index (χ0n) is 9.71. The monoisotopic (exact) mass is 210 g/mol. The summed E-state index contributed by atoms with van der Waals surface area (Å²) in [6.45, 7) is 2.93. The normalized spacial score (nSPS) is 31.5. The molecule has 1 aliphatic heterocycles. The molecule has 2 fully saturated rings. The van der Waals surface area contributed by atoms with Crippen LogP contribution < -0.4 is 0 Å². The predicted molar refractivity (Wildman–Crippen MR) is 59.7 cm³/mol. The molecule has 2 atom stereocenters. The Balaban J connectivity index is 1.87. The van der Waals surface area contributed by atoms with E-state index in [1.165, 1.54) is 32.1 Å². The molecule has 2 nitrogen and oxygen atoms in total. The summed E-state index contributed by atoms with van der Waals surface area (Å²) < 4.78 is 5.74. The molecular weight excluding hydrogens is 188 g/mol. The van der Waals surface area contributed by atoms with Crippen molar-refractivity contribution in [1.29, 1.82) is 0 Å². The van der Waals surface area contributed by atoms with Crippen LogP contribution >= 0.6 is 0 Å². The van der Waals surface area contributed by atoms with Crippen molar-refractivity contribution in [3.8, 4) is 0 Å². The van der Waals surface area contributed by atoms with Gasteiger partial charge in [0.15, 0.2) is 0 Å². The predicted octanol–water partition coefficient (Wildman–Crippen LogP) is 2.95. The van der Waals surface area contributed by atoms with Crippen LogP contribution in [0.4, 0.5) is 0 Å². The second kappa shape index (κ2) is 5.11. The number of hydrogen-bond acceptors (Lipinski definition) is 2. The summed E-state index contributed by atoms with van der Waals surface area (Å²) in [4.78, 5) is 11.4. The average Bonchev–Trinajstić information content (AvgIpc) is 2.29. The molecule has 0 amide bonds. The molecule has 86 valence electrons. The molecule has 2 aliphatic rings. The Morgan fingerprint density at radius 1 is 1.27 bits per heavy atom. The van der Waals surface area contributed by atoms with Gasteiger partial charge in [-0.05, 0) is 11.8 Å². The Hall–Kier alpha value is -0.370. The van der Waals surface area contributed by atoms with Crippen LogP contribution in [-0.2, 0) is 9.53 Å². The zero-order chi connectivity index (χ0) is 10.7. The molecule has 0 bridgehead atoms. The third kappa shape index (κ3) is 2.81. The molecule has 0 aromatic heterocycles. The Labute approximate surface area is 92.4 Å². The summed E-state index contributed by atoms with van der Waals surface area (Å²) in [5.41, 5.74) is 0. The van der Waals surface area contributed by atoms with E-state index in [2.05, 4.69) is 6.92 Å². The van der Waals surface area contributed by atoms with Gasteiger partial charge in [-0.15, -0.1) is 0 Å². The lowest BCUT2D eigenvalue weighted by molar-refractivity contribution is -0.132. The number of carbonyl (C=O) groups is 1. The smallest absolute Gasteiger partial charge is 0.137 e. The van der Waals surface area contributed by atoms with E-state index in [0.717, 1.165) is 5.92 Å². The first-order valence-corrected chi connectivity index (χ1v) is 6.40. The summed E-state index contributed by atoms with van der Waals surface area (Å²) >= 11 is 0. The number of carbonyl (C=O) groups excluding carboxylic acids is 1. The lowest BCUT2D eigenvalue weighted by Crippen LogP contribution is -2.35. The van der Waals surface area contributed by atoms with E-state index in [0.29, 0.717) is 31.1 Å². The number of Topliss-reactive ketones (excluding diaryl/α,β-unsaturated/α-hetero) is 1. The van der Waals surface area contributed by atoms with Crippen molar-refractivity contribution < 1.29 is 9.53 Å². The standard InChI is InChI=1S/C13H22O2/c1-10(11-5-3-2-4-6-11)13-9-12(14)7-8-15-13/h10-11,13H,2-9H2,1H3. The Kier molecular flexibility index (Phi) is 3.79. The third-order valence-corrected chi connectivity index (χ3v) is 4.12. The number of rotatable bonds is 2. The molecule has 1 saturated heterocycles. The minimum absolute atomic E-state index is 0.217. The van der Waals surface area contributed by atoms with E-state index in [9.17, 15) is 4.79 Å². The number of ether oxygens (including phenoxy) is 1. The second-order valence-electron chi connectivity index (χ2n) is 5.16. The molecule has 0 aromatic rings. The van der Waals surface area contributed by atoms with Gasteiger partial charge in [0, 0.05) is 12.8 Å². The maximum Gasteiger partial charge on any atom is 0.137 e. The highest BCUT2D eigenvalue weighted by Crippen LogP contribution is 2.34. The molecule has 0 aromatic carbocycles. The first-order chi connectivity index (χ1) is 7.27. The van der Waals surface area contributed by atoms with Crippen molar-refractivity contribution in [3.05, 3.63) is 0 Å². The van der Waals surface area contributed by atoms with Crippen molar-refractivity contribution in [2.24, 2.45) is 11.8 Å². The van der Waals surface area contributed by atoms with Gasteiger partial charge in [0.1, 0.15) is 5.78 Å². The highest BCUT2D eigenvalue weighted by Gasteiger charge is 2.31. The number of hydrogen-bond donors (Lipinski definition) is 0. The van der Waals surface area contributed by atoms with Crippen LogP contribution in [0.2, 0.25) is 0 Å². The first-order valence-electron chi connectivity index (χ1n) is 6.40. The summed E-state index contributed by atoms with van der Waals surface area (Å²) in [6.07, 6.45) is 8.34. The highest BCUT2D eigenvalue weighted by molar-refractivity contribution is 5.79. The minimum Gasteiger partial charge on any atom is -0.377 e. The lowest BCUT2D eigenvalue weighted by Gasteiger charge is -2.34. The quantitative estimate of drug-likeness (QED) is 0.700. The minimum atomic E-state index is 0.217. The fraction of sp³-hybridized carbons (Fsp3) is 0.923. The van der Waals surface area contributed by atoms with E-state index < -0.39 is 0 Å². The molecule has 0 spiro atoms. The maximum absolute atomic E-state index is 11.4. The molecule has 1 aliphatic carbocycles. The van der Waals surface area contributed by atoms with Crippen molar-refractivity contribution >= 4 is 5.78 Å². The van der Waals surface area contributed by atoms with Crippen LogP contribution in [0.5, 0.6) is 0 Å². The van der Waals surface area contributed by atoms with Gasteiger partial charge in [0.05, 0.1) is 12.7 Å². The van der Waals surface area contributed by atoms with Gasteiger partial charge < -0.3 is 4.74 Å². The fourth-order valence-electron chi connectivity index (χ4n) is 3.01. The zero-order valence-corrected chi connectivity index (χ0v) is 9.71. The Morgan fingerprint density at radius 2 is 2.00 bits per heavy atom. The van der Waals surface area contributed by atoms with Crippen LogP contribution in [0.25, 0.3) is 0 Å². The van der Waals surface area contributed by atoms with Crippen LogP contribution in [0, 0.1) is 11.8 Å². The van der Waals surface area contributed by atoms with Crippen LogP contribution in [0.3, 0.4) is 0 Å². The Bertz CT molecular complexity index is 219. The van der Waals surface area contributed by atoms with Gasteiger partial charge in [0.25, 0.3) is 0 Å². The van der Waals surface area contributed by atoms with Crippen molar-refractivity contribution in [2.75, 3.05) is 6.61 Å². The molecule has 2 rings (SSSR count). The van der Waals surface area contributed by atoms with Gasteiger partial charge in [-0.25, -0.2) is 0 Å². The topological polar surface area (TPSA) is 26.3 Å². The van der Waals surface area contributed by atoms with Gasteiger partial charge in [-0.1, -0.05) is 39.0 Å². The molecule has 1 saturated carbocycles. The molecule has 15 heavy (non-hydrogen) atoms. The number of ketones is 1. The first kappa shape index (κ1) is 11.1. The van der Waals surface area contributed by atoms with Crippen LogP contribution in [0.15, 0.2) is 0 Å². The van der Waals surface area contributed by atoms with Gasteiger partial charge in [-0.3, -0.25) is 4.79 Å². The van der Waals surface area contributed by atoms with Crippen molar-refractivity contribution in [2.45, 2.75) is 58.0 Å². The van der Waals surface area contributed by atoms with Crippen LogP contribution in [0.1, 0.15) is 51.9 Å². The Morgan fingerprint density at radius 3 is 2.67 bits per heavy atom. The summed E-state index contributed by atoms with van der Waals surface area (Å²) in [7, 11) is 0. The molecule has 2 heteroatoms. The van der Waals surface area contributed by atoms with E-state index >= 15 is 0 Å². The average molecular weight is 210 g/mol. The maximum atomic E-state index is 11.4. The molecule has 1 heterocycles. The third-order valence-electron chi connectivity index (χ3n) is 4.12. The lowest BCUT2D eigenvalue weighted by atomic mass is 9.77. The van der Waals surface area contributed by atoms with Crippen molar-refractivity contribution in [1.82, 2.24) is 0 Å². The SMILES string of the molecule is CC(C1CCCCC1)C1CC(=O)CCO1. The second-order valence-corrected chi connectivity index (χ2v) is 5.16. The summed E-state index contributed by atoms with van der Waals surface area (Å²) in [6, 6.07) is 0. The molecular formula is C13H22O2. The van der Waals surface area contributed by atoms with E-state index in [1.54, 1.807) is 0 Å². The molecule has 0 radical (unpaired) electrons. The fourth-order valence-corrected chi connectivity index (χ4v) is 3.01. The largest absolute Gasteiger partial charge is 0.377 e.